The lowest BCUT2D eigenvalue weighted by atomic mass is 9.91. The largest absolute Gasteiger partial charge is 0.390 e. The van der Waals surface area contributed by atoms with Crippen LogP contribution in [0.4, 0.5) is 10.6 Å². The summed E-state index contributed by atoms with van der Waals surface area (Å²) in [4.78, 5) is 16.9. The molecule has 1 atom stereocenters. The van der Waals surface area contributed by atoms with Crippen LogP contribution in [-0.2, 0) is 0 Å². The van der Waals surface area contributed by atoms with Crippen molar-refractivity contribution in [1.82, 2.24) is 15.1 Å². The number of aliphatic imine (C=N–C) groups is 1. The van der Waals surface area contributed by atoms with E-state index in [1.807, 2.05) is 24.3 Å². The third kappa shape index (κ3) is 4.35. The molecule has 1 unspecified atom stereocenters. The summed E-state index contributed by atoms with van der Waals surface area (Å²) in [5.41, 5.74) is 8.10. The van der Waals surface area contributed by atoms with Crippen molar-refractivity contribution < 1.29 is 4.79 Å². The number of carbonyl (C=O) groups excluding carboxylic acids is 1. The Balaban J connectivity index is 2.16. The number of benzene rings is 1. The van der Waals surface area contributed by atoms with Crippen LogP contribution in [0.15, 0.2) is 29.3 Å². The van der Waals surface area contributed by atoms with Gasteiger partial charge in [0.15, 0.2) is 5.82 Å². The van der Waals surface area contributed by atoms with E-state index in [0.717, 1.165) is 54.5 Å². The average Bonchev–Trinajstić information content (AvgIpc) is 3.07. The Kier molecular flexibility index (Phi) is 6.56. The van der Waals surface area contributed by atoms with Crippen LogP contribution >= 0.6 is 23.4 Å². The zero-order valence-electron chi connectivity index (χ0n) is 14.7. The van der Waals surface area contributed by atoms with Gasteiger partial charge < -0.3 is 11.1 Å². The smallest absolute Gasteiger partial charge is 0.308 e. The fraction of sp³-hybridized carbons (Fsp3) is 0.316. The highest BCUT2D eigenvalue weighted by Crippen LogP contribution is 2.40. The van der Waals surface area contributed by atoms with Crippen molar-refractivity contribution in [2.75, 3.05) is 18.8 Å². The molecule has 0 amide bonds. The number of halogens is 1. The second-order valence-corrected chi connectivity index (χ2v) is 7.45. The van der Waals surface area contributed by atoms with E-state index in [0.29, 0.717) is 10.8 Å². The summed E-state index contributed by atoms with van der Waals surface area (Å²) in [5.74, 6) is 3.32. The van der Waals surface area contributed by atoms with Crippen molar-refractivity contribution in [2.24, 2.45) is 10.7 Å². The molecule has 0 spiro atoms. The van der Waals surface area contributed by atoms with Crippen LogP contribution in [0.2, 0.25) is 5.02 Å². The minimum Gasteiger partial charge on any atom is -0.390 e. The summed E-state index contributed by atoms with van der Waals surface area (Å²) in [6, 6.07) is 7.42. The number of piperidine rings is 1. The van der Waals surface area contributed by atoms with Crippen molar-refractivity contribution in [2.45, 2.75) is 18.8 Å². The van der Waals surface area contributed by atoms with Gasteiger partial charge >= 0.3 is 5.24 Å². The van der Waals surface area contributed by atoms with Crippen LogP contribution in [0.1, 0.15) is 24.5 Å². The van der Waals surface area contributed by atoms with Crippen LogP contribution in [0.3, 0.4) is 0 Å². The summed E-state index contributed by atoms with van der Waals surface area (Å²) in [6.45, 7) is 1.79. The molecule has 27 heavy (non-hydrogen) atoms. The third-order valence-electron chi connectivity index (χ3n) is 4.35. The minimum absolute atomic E-state index is 0.183. The fourth-order valence-electron chi connectivity index (χ4n) is 3.17. The molecule has 1 aliphatic rings. The highest BCUT2D eigenvalue weighted by Gasteiger charge is 2.28. The quantitative estimate of drug-likeness (QED) is 0.464. The summed E-state index contributed by atoms with van der Waals surface area (Å²) in [5, 5.41) is 8.39. The molecular formula is C19H20ClN5OS. The Hall–Kier alpha value is -2.27. The Morgan fingerprint density at radius 1 is 1.52 bits per heavy atom. The first-order chi connectivity index (χ1) is 13.2. The van der Waals surface area contributed by atoms with Gasteiger partial charge in [0, 0.05) is 17.5 Å². The minimum atomic E-state index is -0.279. The van der Waals surface area contributed by atoms with Gasteiger partial charge in [-0.25, -0.2) is 4.99 Å². The third-order valence-corrected chi connectivity index (χ3v) is 5.34. The molecule has 1 saturated heterocycles. The van der Waals surface area contributed by atoms with Crippen LogP contribution in [0.5, 0.6) is 0 Å². The van der Waals surface area contributed by atoms with Crippen LogP contribution in [-0.4, -0.2) is 40.2 Å². The van der Waals surface area contributed by atoms with Gasteiger partial charge in [0.05, 0.1) is 23.3 Å². The number of nitrogens with one attached hydrogen (secondary N) is 1. The monoisotopic (exact) mass is 401 g/mol. The number of hydrogen-bond donors (Lipinski definition) is 2. The molecule has 3 rings (SSSR count). The van der Waals surface area contributed by atoms with Gasteiger partial charge in [-0.2, -0.15) is 9.78 Å². The Bertz CT molecular complexity index is 879. The van der Waals surface area contributed by atoms with Crippen molar-refractivity contribution in [1.29, 1.82) is 0 Å². The van der Waals surface area contributed by atoms with E-state index in [1.165, 1.54) is 11.0 Å². The van der Waals surface area contributed by atoms with E-state index in [4.69, 9.17) is 23.8 Å². The fourth-order valence-corrected chi connectivity index (χ4v) is 3.75. The van der Waals surface area contributed by atoms with Crippen LogP contribution < -0.4 is 11.1 Å². The summed E-state index contributed by atoms with van der Waals surface area (Å²) in [6.07, 6.45) is 8.50. The molecule has 0 aliphatic carbocycles. The number of thioether (sulfide) groups is 1. The van der Waals surface area contributed by atoms with Gasteiger partial charge in [0.1, 0.15) is 0 Å². The van der Waals surface area contributed by atoms with Crippen molar-refractivity contribution in [3.63, 3.8) is 0 Å². The lowest BCUT2D eigenvalue weighted by Crippen LogP contribution is -2.29. The number of hydrogen-bond acceptors (Lipinski definition) is 5. The predicted molar refractivity (Wildman–Crippen MR) is 112 cm³/mol. The summed E-state index contributed by atoms with van der Waals surface area (Å²) < 4.78 is 1.30. The molecule has 2 heterocycles. The number of rotatable bonds is 4. The maximum absolute atomic E-state index is 12.6. The van der Waals surface area contributed by atoms with Gasteiger partial charge in [0.2, 0.25) is 0 Å². The lowest BCUT2D eigenvalue weighted by Gasteiger charge is -2.22. The Morgan fingerprint density at radius 2 is 2.30 bits per heavy atom. The van der Waals surface area contributed by atoms with Crippen molar-refractivity contribution in [3.8, 4) is 23.5 Å². The van der Waals surface area contributed by atoms with E-state index < -0.39 is 0 Å². The molecule has 1 aromatic carbocycles. The molecule has 3 N–H and O–H groups in total. The maximum Gasteiger partial charge on any atom is 0.308 e. The Labute approximate surface area is 167 Å². The van der Waals surface area contributed by atoms with E-state index in [-0.39, 0.29) is 16.9 Å². The van der Waals surface area contributed by atoms with Crippen LogP contribution in [0, 0.1) is 12.3 Å². The van der Waals surface area contributed by atoms with E-state index in [1.54, 1.807) is 0 Å². The number of terminal acetylenes is 1. The zero-order valence-corrected chi connectivity index (χ0v) is 16.3. The van der Waals surface area contributed by atoms with Crippen molar-refractivity contribution >= 4 is 40.8 Å². The number of carbonyl (C=O) groups is 1. The molecule has 2 aromatic rings. The number of nitrogens with two attached hydrogens (primary N) is 1. The van der Waals surface area contributed by atoms with Crippen molar-refractivity contribution in [3.05, 3.63) is 35.0 Å². The molecule has 0 saturated carbocycles. The number of aromatic nitrogens is 2. The summed E-state index contributed by atoms with van der Waals surface area (Å²) >= 11 is 7.05. The first-order valence-corrected chi connectivity index (χ1v) is 9.96. The molecule has 1 aliphatic heterocycles. The molecule has 0 bridgehead atoms. The topological polar surface area (TPSA) is 85.3 Å². The predicted octanol–water partition coefficient (Wildman–Crippen LogP) is 3.62. The average molecular weight is 402 g/mol. The zero-order chi connectivity index (χ0) is 19.2. The number of nitrogens with zero attached hydrogens (tertiary/aromatic N) is 3. The van der Waals surface area contributed by atoms with E-state index >= 15 is 0 Å². The SMILES string of the molecule is C#CCSC(=O)n1nc(C2CCCNC2)c(-c2ccc(Cl)cc2)c1/N=C\N. The molecule has 8 heteroatoms. The maximum atomic E-state index is 12.6. The summed E-state index contributed by atoms with van der Waals surface area (Å²) in [7, 11) is 0. The molecule has 1 aromatic heterocycles. The molecule has 140 valence electrons. The van der Waals surface area contributed by atoms with Gasteiger partial charge in [0.25, 0.3) is 0 Å². The van der Waals surface area contributed by atoms with E-state index in [9.17, 15) is 4.79 Å². The highest BCUT2D eigenvalue weighted by molar-refractivity contribution is 8.13. The van der Waals surface area contributed by atoms with Gasteiger partial charge in [-0.15, -0.1) is 6.42 Å². The van der Waals surface area contributed by atoms with Gasteiger partial charge in [-0.3, -0.25) is 4.79 Å². The molecule has 6 nitrogen and oxygen atoms in total. The standard InChI is InChI=1S/C19H20ClN5OS/c1-2-10-27-19(26)25-18(23-12-21)16(13-5-7-15(20)8-6-13)17(24-25)14-4-3-9-22-11-14/h1,5-8,12,14,22H,3-4,9-11H2,(H2,21,23). The first-order valence-electron chi connectivity index (χ1n) is 8.60. The van der Waals surface area contributed by atoms with Gasteiger partial charge in [-0.1, -0.05) is 29.7 Å². The second kappa shape index (κ2) is 9.09. The van der Waals surface area contributed by atoms with E-state index in [2.05, 4.69) is 21.3 Å². The molecule has 0 radical (unpaired) electrons. The van der Waals surface area contributed by atoms with Crippen LogP contribution in [0.25, 0.3) is 11.1 Å². The van der Waals surface area contributed by atoms with Gasteiger partial charge in [-0.05, 0) is 48.8 Å². The second-order valence-electron chi connectivity index (χ2n) is 6.08. The lowest BCUT2D eigenvalue weighted by molar-refractivity contribution is 0.259. The Morgan fingerprint density at radius 3 is 2.93 bits per heavy atom. The first kappa shape index (κ1) is 19.5. The molecule has 1 fully saturated rings. The highest BCUT2D eigenvalue weighted by atomic mass is 35.5. The normalized spacial score (nSPS) is 17.1. The molecular weight excluding hydrogens is 382 g/mol.